The van der Waals surface area contributed by atoms with Gasteiger partial charge in [0.25, 0.3) is 0 Å². The molecule has 0 spiro atoms. The maximum absolute atomic E-state index is 14.5. The Kier molecular flexibility index (Phi) is 13.8. The number of hydrogen-bond acceptors (Lipinski definition) is 4. The highest BCUT2D eigenvalue weighted by atomic mass is 79.9. The third kappa shape index (κ3) is 9.92. The van der Waals surface area contributed by atoms with Crippen molar-refractivity contribution in [2.45, 2.75) is 91.9 Å². The molecule has 0 radical (unpaired) electrons. The summed E-state index contributed by atoms with van der Waals surface area (Å²) < 4.78 is 16.5. The summed E-state index contributed by atoms with van der Waals surface area (Å²) in [7, 11) is 0. The van der Waals surface area contributed by atoms with E-state index >= 15 is 0 Å². The van der Waals surface area contributed by atoms with Crippen LogP contribution in [0.4, 0.5) is 10.2 Å². The van der Waals surface area contributed by atoms with E-state index in [4.69, 9.17) is 11.6 Å². The molecule has 210 valence electrons. The first kappa shape index (κ1) is 34.0. The van der Waals surface area contributed by atoms with Gasteiger partial charge in [0, 0.05) is 23.8 Å². The molecular weight excluding hydrogens is 625 g/mol. The van der Waals surface area contributed by atoms with Crippen molar-refractivity contribution in [1.82, 2.24) is 20.2 Å². The van der Waals surface area contributed by atoms with Crippen LogP contribution in [0.5, 0.6) is 0 Å². The van der Waals surface area contributed by atoms with Gasteiger partial charge in [-0.2, -0.15) is 0 Å². The number of fused-ring (bicyclic) bond motifs is 1. The Morgan fingerprint density at radius 2 is 1.97 bits per heavy atom. The van der Waals surface area contributed by atoms with Gasteiger partial charge in [0.05, 0.1) is 18.5 Å². The lowest BCUT2D eigenvalue weighted by Crippen LogP contribution is -2.48. The van der Waals surface area contributed by atoms with Crippen LogP contribution in [0.25, 0.3) is 0 Å². The molecule has 0 aliphatic heterocycles. The number of aryl methyl sites for hydroxylation is 1. The van der Waals surface area contributed by atoms with Crippen molar-refractivity contribution in [3.8, 4) is 0 Å². The second-order valence-corrected chi connectivity index (χ2v) is 11.7. The van der Waals surface area contributed by atoms with Crippen LogP contribution in [-0.2, 0) is 17.6 Å². The molecule has 1 aliphatic rings. The van der Waals surface area contributed by atoms with Crippen LogP contribution in [0.15, 0.2) is 24.7 Å². The summed E-state index contributed by atoms with van der Waals surface area (Å²) in [5.74, 6) is 0.522. The molecule has 1 aliphatic carbocycles. The molecule has 1 aromatic carbocycles. The monoisotopic (exact) mass is 665 g/mol. The number of nitrogens with one attached hydrogen (secondary N) is 3. The van der Waals surface area contributed by atoms with Gasteiger partial charge in [-0.25, -0.2) is 9.37 Å². The first-order chi connectivity index (χ1) is 16.5. The highest BCUT2D eigenvalue weighted by molar-refractivity contribution is 8.93. The van der Waals surface area contributed by atoms with Crippen LogP contribution in [0.3, 0.4) is 0 Å². The number of imidazole rings is 1. The van der Waals surface area contributed by atoms with Crippen molar-refractivity contribution < 1.29 is 9.18 Å². The van der Waals surface area contributed by atoms with Gasteiger partial charge in [-0.05, 0) is 60.3 Å². The van der Waals surface area contributed by atoms with E-state index in [2.05, 4.69) is 62.5 Å². The molecular formula is C27H43Br2ClFN5O. The van der Waals surface area contributed by atoms with Gasteiger partial charge in [-0.1, -0.05) is 59.6 Å². The number of amides is 1. The number of carbonyl (C=O) groups excluding carboxylic acids is 1. The van der Waals surface area contributed by atoms with Crippen molar-refractivity contribution in [1.29, 1.82) is 0 Å². The summed E-state index contributed by atoms with van der Waals surface area (Å²) in [6, 6.07) is 2.89. The number of nitrogens with zero attached hydrogens (tertiary/aromatic N) is 2. The quantitative estimate of drug-likeness (QED) is 0.259. The summed E-state index contributed by atoms with van der Waals surface area (Å²) in [6.45, 7) is 13.9. The van der Waals surface area contributed by atoms with Gasteiger partial charge in [0.1, 0.15) is 5.82 Å². The van der Waals surface area contributed by atoms with Gasteiger partial charge in [0.2, 0.25) is 5.91 Å². The van der Waals surface area contributed by atoms with Crippen LogP contribution in [0, 0.1) is 17.2 Å². The van der Waals surface area contributed by atoms with E-state index < -0.39 is 0 Å². The molecule has 1 heterocycles. The van der Waals surface area contributed by atoms with Crippen molar-refractivity contribution in [3.63, 3.8) is 0 Å². The fourth-order valence-corrected chi connectivity index (χ4v) is 4.88. The molecule has 0 saturated carbocycles. The Bertz CT molecular complexity index is 1010. The largest absolute Gasteiger partial charge is 0.319 e. The Hall–Kier alpha value is -1.00. The van der Waals surface area contributed by atoms with Gasteiger partial charge in [-0.3, -0.25) is 10.1 Å². The lowest BCUT2D eigenvalue weighted by molar-refractivity contribution is -0.118. The average Bonchev–Trinajstić information content (AvgIpc) is 3.20. The van der Waals surface area contributed by atoms with Crippen LogP contribution >= 0.6 is 45.6 Å². The second kappa shape index (κ2) is 15.0. The molecule has 1 amide bonds. The van der Waals surface area contributed by atoms with Gasteiger partial charge in [-0.15, -0.1) is 34.0 Å². The normalized spacial score (nSPS) is 16.8. The summed E-state index contributed by atoms with van der Waals surface area (Å²) >= 11 is 6.02. The molecule has 0 fully saturated rings. The minimum atomic E-state index is -0.369. The molecule has 3 N–H and O–H groups in total. The Morgan fingerprint density at radius 3 is 2.59 bits per heavy atom. The van der Waals surface area contributed by atoms with E-state index in [9.17, 15) is 9.18 Å². The first-order valence-corrected chi connectivity index (χ1v) is 13.1. The fraction of sp³-hybridized carbons (Fsp3) is 0.630. The maximum atomic E-state index is 14.5. The van der Waals surface area contributed by atoms with Crippen molar-refractivity contribution in [3.05, 3.63) is 46.6 Å². The molecule has 2 aromatic rings. The summed E-state index contributed by atoms with van der Waals surface area (Å²) in [5.41, 5.74) is 1.84. The molecule has 6 nitrogen and oxygen atoms in total. The summed E-state index contributed by atoms with van der Waals surface area (Å²) in [4.78, 5) is 17.6. The van der Waals surface area contributed by atoms with E-state index in [1.807, 2.05) is 16.8 Å². The van der Waals surface area contributed by atoms with Crippen molar-refractivity contribution in [2.24, 2.45) is 11.3 Å². The lowest BCUT2D eigenvalue weighted by atomic mass is 9.87. The Labute approximate surface area is 247 Å². The molecule has 10 heteroatoms. The number of aromatic nitrogens is 2. The molecule has 0 bridgehead atoms. The second-order valence-electron chi connectivity index (χ2n) is 11.3. The number of anilines is 1. The zero-order valence-corrected chi connectivity index (χ0v) is 26.9. The SMILES string of the molecule is Br.Br.CCC[C@H](N[C@H]1CCc2cc(Cl)cc(F)c2C1)C(=O)Nc1cn(C(NCC(C)(C)C)C(C)C)cn1. The number of hydrogen-bond donors (Lipinski definition) is 3. The number of carbonyl (C=O) groups is 1. The van der Waals surface area contributed by atoms with Crippen molar-refractivity contribution in [2.75, 3.05) is 11.9 Å². The van der Waals surface area contributed by atoms with Gasteiger partial charge < -0.3 is 15.2 Å². The van der Waals surface area contributed by atoms with Crippen LogP contribution < -0.4 is 16.0 Å². The van der Waals surface area contributed by atoms with Gasteiger partial charge in [0.15, 0.2) is 5.82 Å². The van der Waals surface area contributed by atoms with Crippen LogP contribution in [-0.4, -0.2) is 34.1 Å². The summed E-state index contributed by atoms with van der Waals surface area (Å²) in [6.07, 6.45) is 7.43. The van der Waals surface area contributed by atoms with Gasteiger partial charge >= 0.3 is 0 Å². The third-order valence-corrected chi connectivity index (χ3v) is 6.66. The molecule has 1 unspecified atom stereocenters. The molecule has 3 rings (SSSR count). The Balaban J connectivity index is 0.00000342. The van der Waals surface area contributed by atoms with E-state index in [0.29, 0.717) is 35.2 Å². The van der Waals surface area contributed by atoms with E-state index in [0.717, 1.165) is 31.4 Å². The predicted octanol–water partition coefficient (Wildman–Crippen LogP) is 6.88. The smallest absolute Gasteiger partial charge is 0.242 e. The fourth-order valence-electron chi connectivity index (χ4n) is 4.66. The molecule has 0 saturated heterocycles. The Morgan fingerprint density at radius 1 is 1.27 bits per heavy atom. The molecule has 3 atom stereocenters. The minimum Gasteiger partial charge on any atom is -0.319 e. The van der Waals surface area contributed by atoms with Crippen LogP contribution in [0.2, 0.25) is 5.02 Å². The minimum absolute atomic E-state index is 0. The van der Waals surface area contributed by atoms with Crippen molar-refractivity contribution >= 4 is 57.3 Å². The van der Waals surface area contributed by atoms with E-state index in [-0.39, 0.29) is 69.4 Å². The zero-order valence-electron chi connectivity index (χ0n) is 22.7. The maximum Gasteiger partial charge on any atom is 0.242 e. The highest BCUT2D eigenvalue weighted by Crippen LogP contribution is 2.28. The zero-order chi connectivity index (χ0) is 25.8. The molecule has 1 aromatic heterocycles. The van der Waals surface area contributed by atoms with E-state index in [1.54, 1.807) is 6.33 Å². The number of benzene rings is 1. The molecule has 37 heavy (non-hydrogen) atoms. The van der Waals surface area contributed by atoms with E-state index in [1.165, 1.54) is 6.07 Å². The van der Waals surface area contributed by atoms with Crippen LogP contribution in [0.1, 0.15) is 78.1 Å². The first-order valence-electron chi connectivity index (χ1n) is 12.8. The predicted molar refractivity (Wildman–Crippen MR) is 162 cm³/mol. The average molecular weight is 668 g/mol. The number of halogens is 4. The number of rotatable bonds is 10. The standard InChI is InChI=1S/C27H41ClFN5O.2BrH/c1-7-8-23(32-20-10-9-18-11-19(28)12-22(29)21(18)13-20)26(35)33-24-14-34(16-31-24)25(17(2)3)30-15-27(4,5)6;;/h11-12,14,16-17,20,23,25,30,32H,7-10,13,15H2,1-6H3,(H,33,35);2*1H/t20-,23-,25?;;/m0../s1. The topological polar surface area (TPSA) is 71.0 Å². The lowest BCUT2D eigenvalue weighted by Gasteiger charge is -2.29. The summed E-state index contributed by atoms with van der Waals surface area (Å²) in [5, 5.41) is 10.5. The third-order valence-electron chi connectivity index (χ3n) is 6.44. The highest BCUT2D eigenvalue weighted by Gasteiger charge is 2.27.